The molecule has 7 nitrogen and oxygen atoms in total. The van der Waals surface area contributed by atoms with Crippen molar-refractivity contribution in [3.63, 3.8) is 0 Å². The van der Waals surface area contributed by atoms with E-state index in [0.717, 1.165) is 12.1 Å². The molecule has 0 aliphatic heterocycles. The Morgan fingerprint density at radius 1 is 1.47 bits per heavy atom. The van der Waals surface area contributed by atoms with Crippen LogP contribution in [0.5, 0.6) is 0 Å². The molecule has 2 aromatic rings. The van der Waals surface area contributed by atoms with Crippen molar-refractivity contribution in [3.05, 3.63) is 41.6 Å². The van der Waals surface area contributed by atoms with Gasteiger partial charge >= 0.3 is 0 Å². The van der Waals surface area contributed by atoms with E-state index >= 15 is 0 Å². The van der Waals surface area contributed by atoms with Gasteiger partial charge in [-0.05, 0) is 18.6 Å². The van der Waals surface area contributed by atoms with Crippen LogP contribution in [0.1, 0.15) is 28.8 Å². The van der Waals surface area contributed by atoms with E-state index in [2.05, 4.69) is 25.7 Å². The molecule has 1 amide bonds. The number of imidazole rings is 1. The molecule has 5 N–H and O–H groups in total. The second kappa shape index (κ2) is 5.96. The van der Waals surface area contributed by atoms with E-state index < -0.39 is 0 Å². The van der Waals surface area contributed by atoms with Crippen LogP contribution in [0.4, 0.5) is 5.82 Å². The predicted octanol–water partition coefficient (Wildman–Crippen LogP) is 0.583. The maximum Gasteiger partial charge on any atom is 0.251 e. The summed E-state index contributed by atoms with van der Waals surface area (Å²) in [7, 11) is 0. The second-order valence-corrected chi connectivity index (χ2v) is 3.95. The zero-order valence-corrected chi connectivity index (χ0v) is 10.6. The molecule has 0 saturated heterocycles. The maximum atomic E-state index is 12.0. The molecule has 0 fully saturated rings. The van der Waals surface area contributed by atoms with Crippen LogP contribution < -0.4 is 16.6 Å². The van der Waals surface area contributed by atoms with Gasteiger partial charge in [0.2, 0.25) is 0 Å². The maximum absolute atomic E-state index is 12.0. The number of aromatic amines is 1. The third-order valence-electron chi connectivity index (χ3n) is 2.62. The van der Waals surface area contributed by atoms with Crippen LogP contribution in [0.15, 0.2) is 24.5 Å². The minimum absolute atomic E-state index is 0.190. The second-order valence-electron chi connectivity index (χ2n) is 3.95. The van der Waals surface area contributed by atoms with Gasteiger partial charge in [-0.2, -0.15) is 0 Å². The highest BCUT2D eigenvalue weighted by Crippen LogP contribution is 2.10. The summed E-state index contributed by atoms with van der Waals surface area (Å²) >= 11 is 0. The first-order valence-corrected chi connectivity index (χ1v) is 5.97. The normalized spacial score (nSPS) is 10.2. The quantitative estimate of drug-likeness (QED) is 0.464. The molecule has 0 radical (unpaired) electrons. The van der Waals surface area contributed by atoms with Crippen LogP contribution >= 0.6 is 0 Å². The largest absolute Gasteiger partial charge is 0.347 e. The SMILES string of the molecule is CCc1cc(C(=O)NCc2ncc[nH]2)cc(NN)n1. The molecule has 0 bridgehead atoms. The van der Waals surface area contributed by atoms with Crippen molar-refractivity contribution in [3.8, 4) is 0 Å². The highest BCUT2D eigenvalue weighted by atomic mass is 16.1. The number of carbonyl (C=O) groups is 1. The van der Waals surface area contributed by atoms with Crippen molar-refractivity contribution in [2.45, 2.75) is 19.9 Å². The highest BCUT2D eigenvalue weighted by molar-refractivity contribution is 5.94. The number of hydrazine groups is 1. The van der Waals surface area contributed by atoms with Crippen LogP contribution in [0.25, 0.3) is 0 Å². The lowest BCUT2D eigenvalue weighted by atomic mass is 10.2. The fourth-order valence-corrected chi connectivity index (χ4v) is 1.63. The van der Waals surface area contributed by atoms with Crippen molar-refractivity contribution in [2.24, 2.45) is 5.84 Å². The van der Waals surface area contributed by atoms with E-state index in [9.17, 15) is 4.79 Å². The number of nitrogens with zero attached hydrogens (tertiary/aromatic N) is 2. The molecule has 2 rings (SSSR count). The number of hydrogen-bond acceptors (Lipinski definition) is 5. The molecule has 0 saturated carbocycles. The van der Waals surface area contributed by atoms with Crippen LogP contribution in [0.2, 0.25) is 0 Å². The number of nitrogens with one attached hydrogen (secondary N) is 3. The van der Waals surface area contributed by atoms with Crippen molar-refractivity contribution in [2.75, 3.05) is 5.43 Å². The molecular weight excluding hydrogens is 244 g/mol. The summed E-state index contributed by atoms with van der Waals surface area (Å²) in [6.07, 6.45) is 4.08. The topological polar surface area (TPSA) is 109 Å². The summed E-state index contributed by atoms with van der Waals surface area (Å²) in [6, 6.07) is 3.36. The van der Waals surface area contributed by atoms with E-state index in [1.807, 2.05) is 6.92 Å². The minimum atomic E-state index is -0.190. The highest BCUT2D eigenvalue weighted by Gasteiger charge is 2.09. The first-order chi connectivity index (χ1) is 9.22. The molecule has 2 aromatic heterocycles. The molecule has 2 heterocycles. The Labute approximate surface area is 110 Å². The zero-order valence-electron chi connectivity index (χ0n) is 10.6. The Morgan fingerprint density at radius 2 is 2.32 bits per heavy atom. The van der Waals surface area contributed by atoms with Gasteiger partial charge in [-0.25, -0.2) is 15.8 Å². The van der Waals surface area contributed by atoms with E-state index in [0.29, 0.717) is 23.8 Å². The number of amides is 1. The Hall–Kier alpha value is -2.41. The van der Waals surface area contributed by atoms with Crippen LogP contribution in [-0.4, -0.2) is 20.9 Å². The van der Waals surface area contributed by atoms with Gasteiger partial charge in [-0.1, -0.05) is 6.92 Å². The number of rotatable bonds is 5. The molecule has 0 atom stereocenters. The number of carbonyl (C=O) groups excluding carboxylic acids is 1. The third-order valence-corrected chi connectivity index (χ3v) is 2.62. The van der Waals surface area contributed by atoms with E-state index in [1.165, 1.54) is 0 Å². The molecular formula is C12H16N6O. The van der Waals surface area contributed by atoms with Gasteiger partial charge in [0.25, 0.3) is 5.91 Å². The van der Waals surface area contributed by atoms with Crippen LogP contribution in [0, 0.1) is 0 Å². The van der Waals surface area contributed by atoms with Crippen molar-refractivity contribution >= 4 is 11.7 Å². The molecule has 7 heteroatoms. The number of hydrogen-bond donors (Lipinski definition) is 4. The van der Waals surface area contributed by atoms with Gasteiger partial charge in [-0.3, -0.25) is 4.79 Å². The molecule has 19 heavy (non-hydrogen) atoms. The lowest BCUT2D eigenvalue weighted by Crippen LogP contribution is -2.24. The Bertz CT molecular complexity index is 529. The number of anilines is 1. The van der Waals surface area contributed by atoms with Gasteiger partial charge in [0, 0.05) is 23.7 Å². The van der Waals surface area contributed by atoms with Crippen LogP contribution in [-0.2, 0) is 13.0 Å². The Morgan fingerprint density at radius 3 is 2.95 bits per heavy atom. The molecule has 0 aliphatic carbocycles. The summed E-state index contributed by atoms with van der Waals surface area (Å²) in [5, 5.41) is 2.77. The van der Waals surface area contributed by atoms with Gasteiger partial charge in [0.05, 0.1) is 6.54 Å². The average Bonchev–Trinajstić information content (AvgIpc) is 2.97. The monoisotopic (exact) mass is 260 g/mol. The first-order valence-electron chi connectivity index (χ1n) is 5.97. The van der Waals surface area contributed by atoms with E-state index in [4.69, 9.17) is 5.84 Å². The van der Waals surface area contributed by atoms with Crippen molar-refractivity contribution in [1.29, 1.82) is 0 Å². The first kappa shape index (κ1) is 13.0. The predicted molar refractivity (Wildman–Crippen MR) is 71.2 cm³/mol. The molecule has 0 aliphatic rings. The third kappa shape index (κ3) is 3.29. The van der Waals surface area contributed by atoms with Gasteiger partial charge in [0.15, 0.2) is 0 Å². The fraction of sp³-hybridized carbons (Fsp3) is 0.250. The summed E-state index contributed by atoms with van der Waals surface area (Å²) in [5.74, 6) is 6.32. The van der Waals surface area contributed by atoms with Crippen molar-refractivity contribution < 1.29 is 4.79 Å². The fourth-order valence-electron chi connectivity index (χ4n) is 1.63. The lowest BCUT2D eigenvalue weighted by Gasteiger charge is -2.07. The number of aromatic nitrogens is 3. The van der Waals surface area contributed by atoms with Gasteiger partial charge in [0.1, 0.15) is 11.6 Å². The Balaban J connectivity index is 2.09. The zero-order chi connectivity index (χ0) is 13.7. The molecule has 0 aromatic carbocycles. The molecule has 100 valence electrons. The Kier molecular flexibility index (Phi) is 4.09. The summed E-state index contributed by atoms with van der Waals surface area (Å²) in [6.45, 7) is 2.31. The summed E-state index contributed by atoms with van der Waals surface area (Å²) in [5.41, 5.74) is 3.78. The van der Waals surface area contributed by atoms with E-state index in [1.54, 1.807) is 24.5 Å². The van der Waals surface area contributed by atoms with Gasteiger partial charge in [-0.15, -0.1) is 0 Å². The van der Waals surface area contributed by atoms with Crippen LogP contribution in [0.3, 0.4) is 0 Å². The molecule has 0 spiro atoms. The summed E-state index contributed by atoms with van der Waals surface area (Å²) < 4.78 is 0. The lowest BCUT2D eigenvalue weighted by molar-refractivity contribution is 0.0950. The van der Waals surface area contributed by atoms with E-state index in [-0.39, 0.29) is 5.91 Å². The number of H-pyrrole nitrogens is 1. The smallest absolute Gasteiger partial charge is 0.251 e. The van der Waals surface area contributed by atoms with Crippen molar-refractivity contribution in [1.82, 2.24) is 20.3 Å². The standard InChI is InChI=1S/C12H16N6O/c1-2-9-5-8(6-10(17-9)18-13)12(19)16-7-11-14-3-4-15-11/h3-6H,2,7,13H2,1H3,(H,14,15)(H,16,19)(H,17,18). The summed E-state index contributed by atoms with van der Waals surface area (Å²) in [4.78, 5) is 23.2. The number of nitrogens with two attached hydrogens (primary N) is 1. The number of nitrogen functional groups attached to an aromatic ring is 1. The van der Waals surface area contributed by atoms with Gasteiger partial charge < -0.3 is 15.7 Å². The molecule has 0 unspecified atom stereocenters. The number of aryl methyl sites for hydroxylation is 1. The number of pyridine rings is 1. The minimum Gasteiger partial charge on any atom is -0.347 e. The average molecular weight is 260 g/mol.